The van der Waals surface area contributed by atoms with E-state index >= 15 is 0 Å². The lowest BCUT2D eigenvalue weighted by Crippen LogP contribution is -2.45. The molecule has 0 atom stereocenters. The maximum absolute atomic E-state index is 5.87. The fourth-order valence-electron chi connectivity index (χ4n) is 4.10. The van der Waals surface area contributed by atoms with Crippen molar-refractivity contribution in [2.45, 2.75) is 39.2 Å². The number of likely N-dealkylation sites (tertiary alicyclic amines) is 1. The largest absolute Gasteiger partial charge is 0.494 e. The van der Waals surface area contributed by atoms with Crippen molar-refractivity contribution < 1.29 is 4.74 Å². The van der Waals surface area contributed by atoms with E-state index in [1.54, 1.807) is 0 Å². The van der Waals surface area contributed by atoms with Gasteiger partial charge in [0, 0.05) is 32.2 Å². The first-order valence-corrected chi connectivity index (χ1v) is 11.6. The van der Waals surface area contributed by atoms with E-state index in [9.17, 15) is 0 Å². The number of benzene rings is 2. The summed E-state index contributed by atoms with van der Waals surface area (Å²) >= 11 is 1.82. The summed E-state index contributed by atoms with van der Waals surface area (Å²) in [5.74, 6) is 0.976. The second-order valence-electron chi connectivity index (χ2n) is 7.84. The lowest BCUT2D eigenvalue weighted by atomic mass is 10.0. The van der Waals surface area contributed by atoms with Gasteiger partial charge < -0.3 is 14.5 Å². The minimum absolute atomic E-state index is 0.598. The van der Waals surface area contributed by atoms with Gasteiger partial charge in [-0.05, 0) is 57.4 Å². The summed E-state index contributed by atoms with van der Waals surface area (Å²) in [6.07, 6.45) is 3.50. The fraction of sp³-hybridized carbons (Fsp3) is 0.458. The number of nitrogens with zero attached hydrogens (tertiary/aromatic N) is 3. The number of hydrogen-bond donors (Lipinski definition) is 0. The Labute approximate surface area is 178 Å². The standard InChI is InChI=1S/C24H31N3OS/c1-3-27(24-25-22-7-4-5-8-23(22)29-24)20-13-16-26(17-14-20)15-6-18-28-21-11-9-19(2)10-12-21/h4-5,7-12,20H,3,6,13-18H2,1-2H3. The Morgan fingerprint density at radius 2 is 1.86 bits per heavy atom. The lowest BCUT2D eigenvalue weighted by Gasteiger charge is -2.38. The van der Waals surface area contributed by atoms with Gasteiger partial charge in [0.2, 0.25) is 0 Å². The third kappa shape index (κ3) is 5.09. The molecule has 0 spiro atoms. The maximum Gasteiger partial charge on any atom is 0.186 e. The summed E-state index contributed by atoms with van der Waals surface area (Å²) in [4.78, 5) is 9.99. The molecule has 0 aliphatic carbocycles. The molecule has 154 valence electrons. The van der Waals surface area contributed by atoms with Crippen LogP contribution in [0.4, 0.5) is 5.13 Å². The van der Waals surface area contributed by atoms with Gasteiger partial charge in [0.1, 0.15) is 5.75 Å². The van der Waals surface area contributed by atoms with Crippen molar-refractivity contribution in [2.24, 2.45) is 0 Å². The third-order valence-electron chi connectivity index (χ3n) is 5.78. The number of thiazole rings is 1. The minimum Gasteiger partial charge on any atom is -0.494 e. The zero-order chi connectivity index (χ0) is 20.1. The number of fused-ring (bicyclic) bond motifs is 1. The highest BCUT2D eigenvalue weighted by Crippen LogP contribution is 2.31. The summed E-state index contributed by atoms with van der Waals surface area (Å²) in [6.45, 7) is 9.61. The summed E-state index contributed by atoms with van der Waals surface area (Å²) < 4.78 is 7.16. The number of aromatic nitrogens is 1. The van der Waals surface area contributed by atoms with Crippen LogP contribution in [0.1, 0.15) is 31.7 Å². The Bertz CT molecular complexity index is 867. The molecule has 2 aromatic carbocycles. The predicted octanol–water partition coefficient (Wildman–Crippen LogP) is 5.36. The SMILES string of the molecule is CCN(c1nc2ccccc2s1)C1CCN(CCCOc2ccc(C)cc2)CC1. The van der Waals surface area contributed by atoms with Gasteiger partial charge in [-0.15, -0.1) is 0 Å². The van der Waals surface area contributed by atoms with Crippen LogP contribution in [0, 0.1) is 6.92 Å². The van der Waals surface area contributed by atoms with E-state index in [0.29, 0.717) is 6.04 Å². The summed E-state index contributed by atoms with van der Waals surface area (Å²) in [5, 5.41) is 1.18. The van der Waals surface area contributed by atoms with E-state index in [0.717, 1.165) is 50.5 Å². The minimum atomic E-state index is 0.598. The van der Waals surface area contributed by atoms with Crippen molar-refractivity contribution >= 4 is 26.7 Å². The van der Waals surface area contributed by atoms with E-state index in [4.69, 9.17) is 9.72 Å². The third-order valence-corrected chi connectivity index (χ3v) is 6.85. The number of aryl methyl sites for hydroxylation is 1. The fourth-order valence-corrected chi connectivity index (χ4v) is 5.20. The summed E-state index contributed by atoms with van der Waals surface area (Å²) in [5.41, 5.74) is 2.39. The van der Waals surface area contributed by atoms with Gasteiger partial charge >= 0.3 is 0 Å². The average Bonchev–Trinajstić information content (AvgIpc) is 3.18. The van der Waals surface area contributed by atoms with E-state index in [2.05, 4.69) is 72.2 Å². The molecule has 4 rings (SSSR count). The van der Waals surface area contributed by atoms with Crippen LogP contribution in [-0.4, -0.2) is 48.7 Å². The Balaban J connectivity index is 1.23. The molecular formula is C24H31N3OS. The number of ether oxygens (including phenoxy) is 1. The zero-order valence-electron chi connectivity index (χ0n) is 17.5. The van der Waals surface area contributed by atoms with Crippen LogP contribution < -0.4 is 9.64 Å². The van der Waals surface area contributed by atoms with Crippen LogP contribution in [-0.2, 0) is 0 Å². The molecule has 1 aliphatic heterocycles. The maximum atomic E-state index is 5.87. The van der Waals surface area contributed by atoms with Crippen molar-refractivity contribution in [1.29, 1.82) is 0 Å². The van der Waals surface area contributed by atoms with E-state index < -0.39 is 0 Å². The Kier molecular flexibility index (Phi) is 6.67. The first-order chi connectivity index (χ1) is 14.2. The molecule has 0 unspecified atom stereocenters. The molecular weight excluding hydrogens is 378 g/mol. The van der Waals surface area contributed by atoms with Gasteiger partial charge in [-0.3, -0.25) is 0 Å². The van der Waals surface area contributed by atoms with E-state index in [-0.39, 0.29) is 0 Å². The summed E-state index contributed by atoms with van der Waals surface area (Å²) in [6, 6.07) is 17.4. The van der Waals surface area contributed by atoms with Crippen LogP contribution in [0.5, 0.6) is 5.75 Å². The molecule has 5 heteroatoms. The van der Waals surface area contributed by atoms with Crippen molar-refractivity contribution in [3.05, 3.63) is 54.1 Å². The Morgan fingerprint density at radius 1 is 1.10 bits per heavy atom. The predicted molar refractivity (Wildman–Crippen MR) is 123 cm³/mol. The highest BCUT2D eigenvalue weighted by Gasteiger charge is 2.25. The smallest absolute Gasteiger partial charge is 0.186 e. The molecule has 0 bridgehead atoms. The Morgan fingerprint density at radius 3 is 2.59 bits per heavy atom. The van der Waals surface area contributed by atoms with Gasteiger partial charge in [-0.1, -0.05) is 41.2 Å². The van der Waals surface area contributed by atoms with Gasteiger partial charge in [0.25, 0.3) is 0 Å². The van der Waals surface area contributed by atoms with E-state index in [1.807, 2.05) is 11.3 Å². The van der Waals surface area contributed by atoms with Gasteiger partial charge in [-0.25, -0.2) is 4.98 Å². The number of para-hydroxylation sites is 1. The molecule has 0 amide bonds. The van der Waals surface area contributed by atoms with Gasteiger partial charge in [0.15, 0.2) is 5.13 Å². The normalized spacial score (nSPS) is 15.7. The number of hydrogen-bond acceptors (Lipinski definition) is 5. The quantitative estimate of drug-likeness (QED) is 0.468. The lowest BCUT2D eigenvalue weighted by molar-refractivity contribution is 0.191. The summed E-state index contributed by atoms with van der Waals surface area (Å²) in [7, 11) is 0. The number of rotatable bonds is 8. The molecule has 29 heavy (non-hydrogen) atoms. The van der Waals surface area contributed by atoms with Gasteiger partial charge in [0.05, 0.1) is 16.8 Å². The van der Waals surface area contributed by atoms with Crippen molar-refractivity contribution in [1.82, 2.24) is 9.88 Å². The molecule has 4 nitrogen and oxygen atoms in total. The van der Waals surface area contributed by atoms with E-state index in [1.165, 1.54) is 28.2 Å². The molecule has 1 aliphatic rings. The van der Waals surface area contributed by atoms with Crippen LogP contribution in [0.25, 0.3) is 10.2 Å². The highest BCUT2D eigenvalue weighted by atomic mass is 32.1. The van der Waals surface area contributed by atoms with Crippen molar-refractivity contribution in [2.75, 3.05) is 37.7 Å². The van der Waals surface area contributed by atoms with Crippen molar-refractivity contribution in [3.8, 4) is 5.75 Å². The van der Waals surface area contributed by atoms with Crippen LogP contribution in [0.3, 0.4) is 0 Å². The van der Waals surface area contributed by atoms with Crippen LogP contribution in [0.2, 0.25) is 0 Å². The second-order valence-corrected chi connectivity index (χ2v) is 8.85. The molecule has 3 aromatic rings. The average molecular weight is 410 g/mol. The molecule has 0 radical (unpaired) electrons. The molecule has 1 fully saturated rings. The van der Waals surface area contributed by atoms with Crippen molar-refractivity contribution in [3.63, 3.8) is 0 Å². The zero-order valence-corrected chi connectivity index (χ0v) is 18.3. The van der Waals surface area contributed by atoms with Gasteiger partial charge in [-0.2, -0.15) is 0 Å². The highest BCUT2D eigenvalue weighted by molar-refractivity contribution is 7.22. The molecule has 1 aromatic heterocycles. The Hall–Kier alpha value is -2.11. The first kappa shape index (κ1) is 20.2. The number of anilines is 1. The monoisotopic (exact) mass is 409 g/mol. The van der Waals surface area contributed by atoms with Crippen LogP contribution in [0.15, 0.2) is 48.5 Å². The van der Waals surface area contributed by atoms with Crippen LogP contribution >= 0.6 is 11.3 Å². The molecule has 2 heterocycles. The number of piperidine rings is 1. The molecule has 0 N–H and O–H groups in total. The molecule has 0 saturated carbocycles. The second kappa shape index (κ2) is 9.59. The molecule has 1 saturated heterocycles. The topological polar surface area (TPSA) is 28.6 Å². The first-order valence-electron chi connectivity index (χ1n) is 10.8.